The van der Waals surface area contributed by atoms with E-state index in [1.807, 2.05) is 0 Å². The average Bonchev–Trinajstić information content (AvgIpc) is 2.24. The maximum absolute atomic E-state index is 10.6. The van der Waals surface area contributed by atoms with E-state index in [2.05, 4.69) is 4.98 Å². The third-order valence-electron chi connectivity index (χ3n) is 2.27. The van der Waals surface area contributed by atoms with Crippen LogP contribution >= 0.6 is 0 Å². The molecule has 0 aliphatic carbocycles. The molecule has 0 saturated heterocycles. The van der Waals surface area contributed by atoms with Gasteiger partial charge in [0.1, 0.15) is 18.1 Å². The number of pyridine rings is 1. The summed E-state index contributed by atoms with van der Waals surface area (Å²) < 4.78 is 0. The van der Waals surface area contributed by atoms with Crippen molar-refractivity contribution in [3.05, 3.63) is 27.9 Å². The number of aromatic nitrogens is 1. The monoisotopic (exact) mass is 239 g/mol. The molecule has 1 rings (SSSR count). The Labute approximate surface area is 97.8 Å². The fraction of sp³-hybridized carbons (Fsp3) is 0.400. The third-order valence-corrected chi connectivity index (χ3v) is 2.27. The number of carboxylic acid groups (broad SMARTS) is 1. The highest BCUT2D eigenvalue weighted by atomic mass is 16.6. The van der Waals surface area contributed by atoms with Crippen molar-refractivity contribution >= 4 is 17.5 Å². The quantitative estimate of drug-likeness (QED) is 0.612. The molecule has 0 saturated carbocycles. The molecule has 7 nitrogen and oxygen atoms in total. The Morgan fingerprint density at radius 3 is 2.65 bits per heavy atom. The second kappa shape index (κ2) is 5.24. The van der Waals surface area contributed by atoms with Gasteiger partial charge in [0.05, 0.1) is 4.92 Å². The third kappa shape index (κ3) is 3.13. The molecule has 0 fully saturated rings. The summed E-state index contributed by atoms with van der Waals surface area (Å²) in [7, 11) is 0. The van der Waals surface area contributed by atoms with Crippen molar-refractivity contribution in [3.8, 4) is 0 Å². The Morgan fingerprint density at radius 2 is 2.24 bits per heavy atom. The summed E-state index contributed by atoms with van der Waals surface area (Å²) in [5.74, 6) is -0.539. The van der Waals surface area contributed by atoms with Crippen LogP contribution < -0.4 is 4.90 Å². The second-order valence-corrected chi connectivity index (χ2v) is 3.44. The minimum Gasteiger partial charge on any atom is -0.480 e. The summed E-state index contributed by atoms with van der Waals surface area (Å²) in [5, 5.41) is 19.3. The summed E-state index contributed by atoms with van der Waals surface area (Å²) in [6, 6.07) is 2.79. The Morgan fingerprint density at radius 1 is 1.59 bits per heavy atom. The molecule has 0 bridgehead atoms. The van der Waals surface area contributed by atoms with Gasteiger partial charge in [-0.3, -0.25) is 14.9 Å². The zero-order valence-electron chi connectivity index (χ0n) is 9.58. The van der Waals surface area contributed by atoms with Gasteiger partial charge < -0.3 is 10.0 Å². The molecule has 0 amide bonds. The van der Waals surface area contributed by atoms with E-state index in [0.29, 0.717) is 12.4 Å². The van der Waals surface area contributed by atoms with Crippen molar-refractivity contribution in [3.63, 3.8) is 0 Å². The fourth-order valence-electron chi connectivity index (χ4n) is 1.43. The number of anilines is 1. The smallest absolute Gasteiger partial charge is 0.323 e. The molecule has 17 heavy (non-hydrogen) atoms. The van der Waals surface area contributed by atoms with Crippen molar-refractivity contribution in [2.75, 3.05) is 18.0 Å². The molecule has 0 aliphatic heterocycles. The number of carbonyl (C=O) groups is 1. The molecule has 0 aliphatic rings. The van der Waals surface area contributed by atoms with Crippen LogP contribution in [0.1, 0.15) is 12.6 Å². The van der Waals surface area contributed by atoms with Gasteiger partial charge in [0.25, 0.3) is 5.69 Å². The standard InChI is InChI=1S/C10H13N3O4/c1-3-12(6-10(14)15)9-5-4-8(13(16)17)7(2)11-9/h4-5H,3,6H2,1-2H3,(H,14,15). The number of nitrogens with zero attached hydrogens (tertiary/aromatic N) is 3. The number of aryl methyl sites for hydroxylation is 1. The van der Waals surface area contributed by atoms with E-state index in [-0.39, 0.29) is 17.9 Å². The first-order valence-electron chi connectivity index (χ1n) is 5.04. The zero-order valence-corrected chi connectivity index (χ0v) is 9.58. The van der Waals surface area contributed by atoms with Gasteiger partial charge in [0.15, 0.2) is 0 Å². The molecule has 0 radical (unpaired) electrons. The lowest BCUT2D eigenvalue weighted by atomic mass is 10.3. The van der Waals surface area contributed by atoms with Crippen LogP contribution in [-0.4, -0.2) is 34.1 Å². The van der Waals surface area contributed by atoms with Crippen molar-refractivity contribution < 1.29 is 14.8 Å². The molecule has 0 atom stereocenters. The molecular formula is C10H13N3O4. The number of aliphatic carboxylic acids is 1. The maximum atomic E-state index is 10.6. The number of likely N-dealkylation sites (N-methyl/N-ethyl adjacent to an activating group) is 1. The zero-order chi connectivity index (χ0) is 13.0. The number of hydrogen-bond acceptors (Lipinski definition) is 5. The number of hydrogen-bond donors (Lipinski definition) is 1. The van der Waals surface area contributed by atoms with Crippen molar-refractivity contribution in [1.82, 2.24) is 4.98 Å². The minimum atomic E-state index is -0.968. The topological polar surface area (TPSA) is 96.6 Å². The van der Waals surface area contributed by atoms with E-state index in [9.17, 15) is 14.9 Å². The molecule has 7 heteroatoms. The Balaban J connectivity index is 3.02. The molecule has 1 heterocycles. The highest BCUT2D eigenvalue weighted by Gasteiger charge is 2.15. The van der Waals surface area contributed by atoms with Crippen LogP contribution in [0, 0.1) is 17.0 Å². The van der Waals surface area contributed by atoms with E-state index in [1.54, 1.807) is 6.92 Å². The highest BCUT2D eigenvalue weighted by molar-refractivity contribution is 5.73. The van der Waals surface area contributed by atoms with E-state index in [4.69, 9.17) is 5.11 Å². The lowest BCUT2D eigenvalue weighted by molar-refractivity contribution is -0.385. The first kappa shape index (κ1) is 12.9. The van der Waals surface area contributed by atoms with E-state index >= 15 is 0 Å². The lowest BCUT2D eigenvalue weighted by Crippen LogP contribution is -2.30. The molecule has 0 spiro atoms. The number of rotatable bonds is 5. The van der Waals surface area contributed by atoms with Crippen LogP contribution in [0.25, 0.3) is 0 Å². The summed E-state index contributed by atoms with van der Waals surface area (Å²) >= 11 is 0. The number of nitro groups is 1. The molecule has 1 aromatic rings. The Hall–Kier alpha value is -2.18. The van der Waals surface area contributed by atoms with Crippen molar-refractivity contribution in [1.29, 1.82) is 0 Å². The predicted octanol–water partition coefficient (Wildman–Crippen LogP) is 1.21. The minimum absolute atomic E-state index is 0.0693. The Kier molecular flexibility index (Phi) is 3.97. The predicted molar refractivity (Wildman–Crippen MR) is 61.2 cm³/mol. The van der Waals surface area contributed by atoms with Gasteiger partial charge in [0, 0.05) is 12.6 Å². The summed E-state index contributed by atoms with van der Waals surface area (Å²) in [4.78, 5) is 26.3. The molecule has 0 aromatic carbocycles. The van der Waals surface area contributed by atoms with Gasteiger partial charge in [0.2, 0.25) is 0 Å². The maximum Gasteiger partial charge on any atom is 0.323 e. The van der Waals surface area contributed by atoms with Crippen LogP contribution in [0.5, 0.6) is 0 Å². The van der Waals surface area contributed by atoms with Gasteiger partial charge in [-0.25, -0.2) is 4.98 Å². The normalized spacial score (nSPS) is 10.0. The van der Waals surface area contributed by atoms with Crippen molar-refractivity contribution in [2.24, 2.45) is 0 Å². The Bertz CT molecular complexity index is 447. The molecule has 0 unspecified atom stereocenters. The SMILES string of the molecule is CCN(CC(=O)O)c1ccc([N+](=O)[O-])c(C)n1. The summed E-state index contributed by atoms with van der Waals surface area (Å²) in [5.41, 5.74) is 0.205. The van der Waals surface area contributed by atoms with E-state index in [0.717, 1.165) is 0 Å². The van der Waals surface area contributed by atoms with Gasteiger partial charge in [-0.05, 0) is 19.9 Å². The van der Waals surface area contributed by atoms with E-state index in [1.165, 1.54) is 24.0 Å². The molecule has 1 aromatic heterocycles. The number of carboxylic acids is 1. The summed E-state index contributed by atoms with van der Waals surface area (Å²) in [6.07, 6.45) is 0. The largest absolute Gasteiger partial charge is 0.480 e. The average molecular weight is 239 g/mol. The van der Waals surface area contributed by atoms with Crippen LogP contribution in [0.4, 0.5) is 11.5 Å². The van der Waals surface area contributed by atoms with Crippen LogP contribution in [0.3, 0.4) is 0 Å². The second-order valence-electron chi connectivity index (χ2n) is 3.44. The van der Waals surface area contributed by atoms with Gasteiger partial charge in [-0.15, -0.1) is 0 Å². The highest BCUT2D eigenvalue weighted by Crippen LogP contribution is 2.20. The fourth-order valence-corrected chi connectivity index (χ4v) is 1.43. The van der Waals surface area contributed by atoms with Crippen LogP contribution in [0.15, 0.2) is 12.1 Å². The lowest BCUT2D eigenvalue weighted by Gasteiger charge is -2.19. The van der Waals surface area contributed by atoms with Gasteiger partial charge in [-0.1, -0.05) is 0 Å². The van der Waals surface area contributed by atoms with Crippen LogP contribution in [-0.2, 0) is 4.79 Å². The first-order chi connectivity index (χ1) is 7.95. The first-order valence-corrected chi connectivity index (χ1v) is 5.04. The molecule has 1 N–H and O–H groups in total. The van der Waals surface area contributed by atoms with E-state index < -0.39 is 10.9 Å². The van der Waals surface area contributed by atoms with Crippen LogP contribution in [0.2, 0.25) is 0 Å². The van der Waals surface area contributed by atoms with Gasteiger partial charge >= 0.3 is 5.97 Å². The molecular weight excluding hydrogens is 226 g/mol. The van der Waals surface area contributed by atoms with Crippen molar-refractivity contribution in [2.45, 2.75) is 13.8 Å². The molecule has 92 valence electrons. The van der Waals surface area contributed by atoms with Gasteiger partial charge in [-0.2, -0.15) is 0 Å². The summed E-state index contributed by atoms with van der Waals surface area (Å²) in [6.45, 7) is 3.61.